The molecule has 1 aromatic carbocycles. The fourth-order valence-corrected chi connectivity index (χ4v) is 5.46. The van der Waals surface area contributed by atoms with Crippen molar-refractivity contribution in [2.45, 2.75) is 90.9 Å². The fourth-order valence-electron chi connectivity index (χ4n) is 4.93. The number of hydrogen-bond donors (Lipinski definition) is 0. The summed E-state index contributed by atoms with van der Waals surface area (Å²) in [5.74, 6) is -0.185. The van der Waals surface area contributed by atoms with Gasteiger partial charge < -0.3 is 14.4 Å². The summed E-state index contributed by atoms with van der Waals surface area (Å²) in [6, 6.07) is 5.20. The second-order valence-electron chi connectivity index (χ2n) is 10.1. The molecule has 2 aliphatic rings. The summed E-state index contributed by atoms with van der Waals surface area (Å²) in [7, 11) is 0. The van der Waals surface area contributed by atoms with Gasteiger partial charge in [0.05, 0.1) is 28.4 Å². The number of benzene rings is 1. The van der Waals surface area contributed by atoms with Gasteiger partial charge in [0.15, 0.2) is 0 Å². The lowest BCUT2D eigenvalue weighted by Crippen LogP contribution is -2.34. The van der Waals surface area contributed by atoms with E-state index in [1.807, 2.05) is 26.8 Å². The maximum atomic E-state index is 14.2. The Hall–Kier alpha value is -2.57. The molecule has 2 aliphatic carbocycles. The predicted octanol–water partition coefficient (Wildman–Crippen LogP) is 7.37. The topological polar surface area (TPSA) is 68.7 Å². The van der Waals surface area contributed by atoms with Crippen LogP contribution in [0.25, 0.3) is 0 Å². The molecule has 2 aromatic rings. The van der Waals surface area contributed by atoms with E-state index in [9.17, 15) is 9.59 Å². The van der Waals surface area contributed by atoms with Crippen LogP contribution in [0.4, 0.5) is 5.69 Å². The van der Waals surface area contributed by atoms with Crippen LogP contribution in [0.5, 0.6) is 5.75 Å². The first-order valence-electron chi connectivity index (χ1n) is 13.0. The van der Waals surface area contributed by atoms with E-state index in [-0.39, 0.29) is 30.6 Å². The summed E-state index contributed by atoms with van der Waals surface area (Å²) >= 11 is 13.1. The fraction of sp³-hybridized carbons (Fsp3) is 0.483. The molecule has 0 bridgehead atoms. The molecule has 0 radical (unpaired) electrons. The third-order valence-electron chi connectivity index (χ3n) is 6.92. The van der Waals surface area contributed by atoms with Crippen molar-refractivity contribution in [2.24, 2.45) is 0 Å². The number of pyridine rings is 1. The van der Waals surface area contributed by atoms with Crippen LogP contribution in [0.15, 0.2) is 41.7 Å². The minimum Gasteiger partial charge on any atom is -0.489 e. The predicted molar refractivity (Wildman–Crippen MR) is 146 cm³/mol. The van der Waals surface area contributed by atoms with Crippen molar-refractivity contribution in [2.75, 3.05) is 4.90 Å². The van der Waals surface area contributed by atoms with Gasteiger partial charge in [0.1, 0.15) is 11.9 Å². The molecule has 0 spiro atoms. The number of anilines is 1. The van der Waals surface area contributed by atoms with E-state index < -0.39 is 0 Å². The van der Waals surface area contributed by atoms with Crippen LogP contribution in [0.1, 0.15) is 76.3 Å². The highest BCUT2D eigenvalue weighted by atomic mass is 35.5. The van der Waals surface area contributed by atoms with Gasteiger partial charge in [0.25, 0.3) is 5.91 Å². The summed E-state index contributed by atoms with van der Waals surface area (Å²) in [5.41, 5.74) is 3.32. The molecular formula is C29H34Cl2N2O4. The van der Waals surface area contributed by atoms with Gasteiger partial charge in [-0.1, -0.05) is 23.2 Å². The van der Waals surface area contributed by atoms with Crippen LogP contribution < -0.4 is 9.64 Å². The highest BCUT2D eigenvalue weighted by Gasteiger charge is 2.32. The third kappa shape index (κ3) is 6.66. The zero-order valence-electron chi connectivity index (χ0n) is 21.7. The number of rotatable bonds is 8. The van der Waals surface area contributed by atoms with Crippen molar-refractivity contribution in [1.29, 1.82) is 0 Å². The average Bonchev–Trinajstić information content (AvgIpc) is 3.38. The van der Waals surface area contributed by atoms with Gasteiger partial charge in [-0.05, 0) is 95.4 Å². The Labute approximate surface area is 228 Å². The van der Waals surface area contributed by atoms with Crippen molar-refractivity contribution in [3.05, 3.63) is 62.9 Å². The van der Waals surface area contributed by atoms with Gasteiger partial charge in [-0.3, -0.25) is 9.78 Å². The highest BCUT2D eigenvalue weighted by Crippen LogP contribution is 2.39. The Morgan fingerprint density at radius 2 is 1.76 bits per heavy atom. The normalized spacial score (nSPS) is 16.3. The van der Waals surface area contributed by atoms with Crippen molar-refractivity contribution in [3.8, 4) is 5.75 Å². The molecule has 1 heterocycles. The lowest BCUT2D eigenvalue weighted by molar-refractivity contribution is -0.144. The maximum Gasteiger partial charge on any atom is 0.334 e. The van der Waals surface area contributed by atoms with Gasteiger partial charge in [-0.2, -0.15) is 0 Å². The molecule has 4 rings (SSSR count). The Morgan fingerprint density at radius 1 is 1.05 bits per heavy atom. The summed E-state index contributed by atoms with van der Waals surface area (Å²) in [4.78, 5) is 33.3. The first-order valence-corrected chi connectivity index (χ1v) is 13.8. The number of esters is 1. The lowest BCUT2D eigenvalue weighted by atomic mass is 9.90. The van der Waals surface area contributed by atoms with Crippen LogP contribution in [-0.2, 0) is 20.9 Å². The molecule has 8 heteroatoms. The van der Waals surface area contributed by atoms with E-state index in [2.05, 4.69) is 4.98 Å². The van der Waals surface area contributed by atoms with Gasteiger partial charge in [-0.25, -0.2) is 4.79 Å². The molecule has 1 amide bonds. The number of halogens is 2. The first kappa shape index (κ1) is 27.5. The molecule has 6 nitrogen and oxygen atoms in total. The van der Waals surface area contributed by atoms with E-state index in [0.717, 1.165) is 49.7 Å². The van der Waals surface area contributed by atoms with Crippen molar-refractivity contribution in [3.63, 3.8) is 0 Å². The standard InChI is InChI=1S/C29H34Cl2N2O4/c1-18(2)36-27-15-26(24(30)14-25(27)31)33(17-20-16-32-13-12-19(20)3)28(34)22-10-6-7-11-23(22)29(35)37-21-8-4-5-9-21/h12-16,18,21H,4-11,17H2,1-3H3. The smallest absolute Gasteiger partial charge is 0.334 e. The van der Waals surface area contributed by atoms with Crippen molar-refractivity contribution >= 4 is 40.8 Å². The third-order valence-corrected chi connectivity index (χ3v) is 7.52. The molecule has 1 aromatic heterocycles. The monoisotopic (exact) mass is 544 g/mol. The van der Waals surface area contributed by atoms with Gasteiger partial charge in [-0.15, -0.1) is 0 Å². The first-order chi connectivity index (χ1) is 17.7. The SMILES string of the molecule is Cc1ccncc1CN(C(=O)C1=C(C(=O)OC2CCCC2)CCCC1)c1cc(OC(C)C)c(Cl)cc1Cl. The largest absolute Gasteiger partial charge is 0.489 e. The number of aromatic nitrogens is 1. The van der Waals surface area contributed by atoms with E-state index in [4.69, 9.17) is 32.7 Å². The lowest BCUT2D eigenvalue weighted by Gasteiger charge is -2.29. The molecule has 0 N–H and O–H groups in total. The number of carbonyl (C=O) groups excluding carboxylic acids is 2. The molecular weight excluding hydrogens is 511 g/mol. The number of carbonyl (C=O) groups is 2. The molecule has 0 saturated heterocycles. The Morgan fingerprint density at radius 3 is 2.43 bits per heavy atom. The minimum absolute atomic E-state index is 0.0612. The number of nitrogens with zero attached hydrogens (tertiary/aromatic N) is 2. The molecule has 0 aliphatic heterocycles. The number of ether oxygens (including phenoxy) is 2. The van der Waals surface area contributed by atoms with Crippen LogP contribution in [0.3, 0.4) is 0 Å². The summed E-state index contributed by atoms with van der Waals surface area (Å²) in [6.45, 7) is 6.01. The zero-order valence-corrected chi connectivity index (χ0v) is 23.2. The minimum atomic E-state index is -0.363. The van der Waals surface area contributed by atoms with Crippen molar-refractivity contribution in [1.82, 2.24) is 4.98 Å². The number of aryl methyl sites for hydroxylation is 1. The van der Waals surface area contributed by atoms with Crippen LogP contribution in [-0.4, -0.2) is 29.1 Å². The summed E-state index contributed by atoms with van der Waals surface area (Å²) < 4.78 is 11.7. The Bertz CT molecular complexity index is 1190. The zero-order chi connectivity index (χ0) is 26.5. The summed E-state index contributed by atoms with van der Waals surface area (Å²) in [6.07, 6.45) is 9.90. The maximum absolute atomic E-state index is 14.2. The molecule has 1 saturated carbocycles. The quantitative estimate of drug-likeness (QED) is 0.324. The second-order valence-corrected chi connectivity index (χ2v) is 10.9. The molecule has 37 heavy (non-hydrogen) atoms. The highest BCUT2D eigenvalue weighted by molar-refractivity contribution is 6.37. The average molecular weight is 546 g/mol. The van der Waals surface area contributed by atoms with Gasteiger partial charge >= 0.3 is 5.97 Å². The van der Waals surface area contributed by atoms with E-state index in [1.54, 1.807) is 29.4 Å². The molecule has 198 valence electrons. The van der Waals surface area contributed by atoms with Crippen LogP contribution in [0, 0.1) is 6.92 Å². The molecule has 0 unspecified atom stereocenters. The van der Waals surface area contributed by atoms with Crippen LogP contribution in [0.2, 0.25) is 10.0 Å². The molecule has 1 fully saturated rings. The number of hydrogen-bond acceptors (Lipinski definition) is 5. The second kappa shape index (κ2) is 12.3. The van der Waals surface area contributed by atoms with E-state index in [1.165, 1.54) is 0 Å². The summed E-state index contributed by atoms with van der Waals surface area (Å²) in [5, 5.41) is 0.688. The van der Waals surface area contributed by atoms with E-state index in [0.29, 0.717) is 45.5 Å². The molecule has 0 atom stereocenters. The van der Waals surface area contributed by atoms with Crippen LogP contribution >= 0.6 is 23.2 Å². The van der Waals surface area contributed by atoms with Gasteiger partial charge in [0, 0.05) is 29.6 Å². The Balaban J connectivity index is 1.76. The van der Waals surface area contributed by atoms with Crippen molar-refractivity contribution < 1.29 is 19.1 Å². The number of amides is 1. The van der Waals surface area contributed by atoms with E-state index >= 15 is 0 Å². The Kier molecular flexibility index (Phi) is 9.14. The van der Waals surface area contributed by atoms with Gasteiger partial charge in [0.2, 0.25) is 0 Å².